The molecule has 1 aromatic carbocycles. The van der Waals surface area contributed by atoms with Crippen molar-refractivity contribution in [3.63, 3.8) is 0 Å². The third kappa shape index (κ3) is 1.82. The third-order valence-corrected chi connectivity index (χ3v) is 3.16. The summed E-state index contributed by atoms with van der Waals surface area (Å²) >= 11 is 0. The van der Waals surface area contributed by atoms with Crippen molar-refractivity contribution in [3.8, 4) is 0 Å². The maximum Gasteiger partial charge on any atom is 0.419 e. The SMILES string of the molecule is Nc1ccc2c(c1)oc(=O)n2CC1CCOC1. The number of nitrogen functional groups attached to an aromatic ring is 1. The highest BCUT2D eigenvalue weighted by Crippen LogP contribution is 2.20. The molecule has 1 atom stereocenters. The van der Waals surface area contributed by atoms with Gasteiger partial charge in [0, 0.05) is 30.8 Å². The van der Waals surface area contributed by atoms with E-state index in [1.54, 1.807) is 16.7 Å². The van der Waals surface area contributed by atoms with Gasteiger partial charge >= 0.3 is 5.76 Å². The number of aromatic nitrogens is 1. The molecule has 0 saturated carbocycles. The van der Waals surface area contributed by atoms with Crippen LogP contribution in [0.4, 0.5) is 5.69 Å². The van der Waals surface area contributed by atoms with E-state index >= 15 is 0 Å². The Bertz CT molecular complexity index is 593. The molecule has 90 valence electrons. The molecule has 5 heteroatoms. The molecule has 0 radical (unpaired) electrons. The molecule has 1 aromatic heterocycles. The number of hydrogen-bond acceptors (Lipinski definition) is 4. The number of ether oxygens (including phenoxy) is 1. The normalized spacial score (nSPS) is 20.1. The molecule has 1 aliphatic heterocycles. The van der Waals surface area contributed by atoms with Crippen LogP contribution in [0.1, 0.15) is 6.42 Å². The van der Waals surface area contributed by atoms with Gasteiger partial charge in [0.05, 0.1) is 12.1 Å². The van der Waals surface area contributed by atoms with Gasteiger partial charge in [-0.05, 0) is 18.6 Å². The lowest BCUT2D eigenvalue weighted by atomic mass is 10.1. The van der Waals surface area contributed by atoms with Gasteiger partial charge < -0.3 is 14.9 Å². The number of anilines is 1. The number of nitrogens with two attached hydrogens (primary N) is 1. The molecular weight excluding hydrogens is 220 g/mol. The molecular formula is C12H14N2O3. The van der Waals surface area contributed by atoms with Crippen LogP contribution in [-0.2, 0) is 11.3 Å². The van der Waals surface area contributed by atoms with E-state index in [4.69, 9.17) is 14.9 Å². The van der Waals surface area contributed by atoms with Crippen LogP contribution in [0.5, 0.6) is 0 Å². The van der Waals surface area contributed by atoms with Crippen molar-refractivity contribution >= 4 is 16.8 Å². The van der Waals surface area contributed by atoms with Crippen molar-refractivity contribution in [2.75, 3.05) is 18.9 Å². The Morgan fingerprint density at radius 1 is 1.47 bits per heavy atom. The molecule has 2 N–H and O–H groups in total. The molecule has 1 fully saturated rings. The number of hydrogen-bond donors (Lipinski definition) is 1. The van der Waals surface area contributed by atoms with Gasteiger partial charge in [-0.1, -0.05) is 0 Å². The van der Waals surface area contributed by atoms with Crippen molar-refractivity contribution in [2.24, 2.45) is 5.92 Å². The lowest BCUT2D eigenvalue weighted by molar-refractivity contribution is 0.182. The molecule has 2 heterocycles. The number of benzene rings is 1. The van der Waals surface area contributed by atoms with Gasteiger partial charge in [0.15, 0.2) is 5.58 Å². The fraction of sp³-hybridized carbons (Fsp3) is 0.417. The zero-order chi connectivity index (χ0) is 11.8. The van der Waals surface area contributed by atoms with Crippen LogP contribution in [0.15, 0.2) is 27.4 Å². The minimum Gasteiger partial charge on any atom is -0.408 e. The Morgan fingerprint density at radius 3 is 3.12 bits per heavy atom. The van der Waals surface area contributed by atoms with Crippen molar-refractivity contribution in [3.05, 3.63) is 28.7 Å². The molecule has 5 nitrogen and oxygen atoms in total. The van der Waals surface area contributed by atoms with E-state index in [0.717, 1.165) is 18.5 Å². The van der Waals surface area contributed by atoms with E-state index in [2.05, 4.69) is 0 Å². The predicted molar refractivity (Wildman–Crippen MR) is 63.8 cm³/mol. The molecule has 17 heavy (non-hydrogen) atoms. The van der Waals surface area contributed by atoms with Crippen LogP contribution < -0.4 is 11.5 Å². The molecule has 2 aromatic rings. The maximum absolute atomic E-state index is 11.8. The van der Waals surface area contributed by atoms with Gasteiger partial charge in [-0.2, -0.15) is 0 Å². The highest BCUT2D eigenvalue weighted by molar-refractivity contribution is 5.76. The second-order valence-electron chi connectivity index (χ2n) is 4.44. The largest absolute Gasteiger partial charge is 0.419 e. The van der Waals surface area contributed by atoms with Crippen molar-refractivity contribution in [1.29, 1.82) is 0 Å². The average Bonchev–Trinajstić information content (AvgIpc) is 2.88. The number of nitrogens with zero attached hydrogens (tertiary/aromatic N) is 1. The van der Waals surface area contributed by atoms with E-state index in [1.807, 2.05) is 6.07 Å². The van der Waals surface area contributed by atoms with Crippen molar-refractivity contribution < 1.29 is 9.15 Å². The lowest BCUT2D eigenvalue weighted by Crippen LogP contribution is -2.20. The summed E-state index contributed by atoms with van der Waals surface area (Å²) < 4.78 is 12.1. The fourth-order valence-corrected chi connectivity index (χ4v) is 2.24. The summed E-state index contributed by atoms with van der Waals surface area (Å²) in [6.45, 7) is 2.14. The molecule has 1 saturated heterocycles. The molecule has 0 aliphatic carbocycles. The topological polar surface area (TPSA) is 70.4 Å². The van der Waals surface area contributed by atoms with Crippen molar-refractivity contribution in [2.45, 2.75) is 13.0 Å². The number of fused-ring (bicyclic) bond motifs is 1. The molecule has 1 aliphatic rings. The molecule has 3 rings (SSSR count). The standard InChI is InChI=1S/C12H14N2O3/c13-9-1-2-10-11(5-9)17-12(15)14(10)6-8-3-4-16-7-8/h1-2,5,8H,3-4,6-7,13H2. The highest BCUT2D eigenvalue weighted by Gasteiger charge is 2.19. The smallest absolute Gasteiger partial charge is 0.408 e. The molecule has 0 bridgehead atoms. The number of oxazole rings is 1. The predicted octanol–water partition coefficient (Wildman–Crippen LogP) is 1.21. The van der Waals surface area contributed by atoms with Crippen LogP contribution in [-0.4, -0.2) is 17.8 Å². The Kier molecular flexibility index (Phi) is 2.40. The quantitative estimate of drug-likeness (QED) is 0.793. The molecule has 0 amide bonds. The first-order chi connectivity index (χ1) is 8.24. The Morgan fingerprint density at radius 2 is 2.35 bits per heavy atom. The first-order valence-corrected chi connectivity index (χ1v) is 5.70. The average molecular weight is 234 g/mol. The van der Waals surface area contributed by atoms with Crippen LogP contribution in [0.3, 0.4) is 0 Å². The van der Waals surface area contributed by atoms with Crippen molar-refractivity contribution in [1.82, 2.24) is 4.57 Å². The van der Waals surface area contributed by atoms with Gasteiger partial charge in [0.1, 0.15) is 0 Å². The van der Waals surface area contributed by atoms with E-state index in [0.29, 0.717) is 30.3 Å². The summed E-state index contributed by atoms with van der Waals surface area (Å²) in [6.07, 6.45) is 0.994. The zero-order valence-electron chi connectivity index (χ0n) is 9.39. The Hall–Kier alpha value is -1.75. The minimum atomic E-state index is -0.322. The third-order valence-electron chi connectivity index (χ3n) is 3.16. The molecule has 1 unspecified atom stereocenters. The van der Waals surface area contributed by atoms with Crippen LogP contribution in [0.25, 0.3) is 11.1 Å². The first-order valence-electron chi connectivity index (χ1n) is 5.70. The second-order valence-corrected chi connectivity index (χ2v) is 4.44. The summed E-state index contributed by atoms with van der Waals surface area (Å²) in [5, 5.41) is 0. The zero-order valence-corrected chi connectivity index (χ0v) is 9.39. The minimum absolute atomic E-state index is 0.322. The van der Waals surface area contributed by atoms with Gasteiger partial charge in [-0.25, -0.2) is 4.79 Å². The second kappa shape index (κ2) is 3.92. The Balaban J connectivity index is 2.02. The van der Waals surface area contributed by atoms with E-state index in [1.165, 1.54) is 0 Å². The Labute approximate surface area is 97.8 Å². The molecule has 0 spiro atoms. The summed E-state index contributed by atoms with van der Waals surface area (Å²) in [7, 11) is 0. The highest BCUT2D eigenvalue weighted by atomic mass is 16.5. The van der Waals surface area contributed by atoms with E-state index < -0.39 is 0 Å². The van der Waals surface area contributed by atoms with E-state index in [-0.39, 0.29) is 5.76 Å². The number of rotatable bonds is 2. The van der Waals surface area contributed by atoms with Crippen LogP contribution in [0, 0.1) is 5.92 Å². The van der Waals surface area contributed by atoms with Gasteiger partial charge in [-0.15, -0.1) is 0 Å². The van der Waals surface area contributed by atoms with E-state index in [9.17, 15) is 4.79 Å². The monoisotopic (exact) mass is 234 g/mol. The summed E-state index contributed by atoms with van der Waals surface area (Å²) in [5.74, 6) is 0.0727. The lowest BCUT2D eigenvalue weighted by Gasteiger charge is -2.07. The maximum atomic E-state index is 11.8. The van der Waals surface area contributed by atoms with Crippen LogP contribution in [0.2, 0.25) is 0 Å². The summed E-state index contributed by atoms with van der Waals surface area (Å²) in [5.41, 5.74) is 7.61. The van der Waals surface area contributed by atoms with Crippen LogP contribution >= 0.6 is 0 Å². The fourth-order valence-electron chi connectivity index (χ4n) is 2.24. The summed E-state index contributed by atoms with van der Waals surface area (Å²) in [4.78, 5) is 11.8. The first kappa shape index (κ1) is 10.4. The summed E-state index contributed by atoms with van der Waals surface area (Å²) in [6, 6.07) is 5.28. The van der Waals surface area contributed by atoms with Gasteiger partial charge in [-0.3, -0.25) is 4.57 Å². The van der Waals surface area contributed by atoms with Gasteiger partial charge in [0.25, 0.3) is 0 Å². The van der Waals surface area contributed by atoms with Gasteiger partial charge in [0.2, 0.25) is 0 Å².